The van der Waals surface area contributed by atoms with E-state index in [1.54, 1.807) is 18.2 Å². The standard InChI is InChI=1S/C17H18INO2/c1-12(13-5-3-2-4-6-13)9-10-19-17(21)15-11-14(18)7-8-16(15)20/h2-8,11-12,20H,9-10H2,1H3,(H,19,21). The summed E-state index contributed by atoms with van der Waals surface area (Å²) >= 11 is 2.12. The highest BCUT2D eigenvalue weighted by Gasteiger charge is 2.12. The molecule has 110 valence electrons. The largest absolute Gasteiger partial charge is 0.507 e. The van der Waals surface area contributed by atoms with Gasteiger partial charge in [0.15, 0.2) is 0 Å². The molecule has 2 aromatic rings. The number of phenolic OH excluding ortho intramolecular Hbond substituents is 1. The van der Waals surface area contributed by atoms with Crippen LogP contribution in [0.5, 0.6) is 5.75 Å². The van der Waals surface area contributed by atoms with Crippen LogP contribution in [0.15, 0.2) is 48.5 Å². The van der Waals surface area contributed by atoms with Gasteiger partial charge < -0.3 is 10.4 Å². The van der Waals surface area contributed by atoms with Crippen LogP contribution in [0.25, 0.3) is 0 Å². The number of carbonyl (C=O) groups excluding carboxylic acids is 1. The van der Waals surface area contributed by atoms with Gasteiger partial charge in [0, 0.05) is 10.1 Å². The summed E-state index contributed by atoms with van der Waals surface area (Å²) in [5, 5.41) is 12.6. The first kappa shape index (κ1) is 15.8. The molecule has 3 nitrogen and oxygen atoms in total. The Labute approximate surface area is 138 Å². The Morgan fingerprint density at radius 2 is 1.95 bits per heavy atom. The molecule has 21 heavy (non-hydrogen) atoms. The van der Waals surface area contributed by atoms with E-state index < -0.39 is 0 Å². The van der Waals surface area contributed by atoms with E-state index in [9.17, 15) is 9.90 Å². The lowest BCUT2D eigenvalue weighted by atomic mass is 9.98. The summed E-state index contributed by atoms with van der Waals surface area (Å²) in [6.07, 6.45) is 0.862. The number of nitrogens with one attached hydrogen (secondary N) is 1. The molecule has 0 bridgehead atoms. The fraction of sp³-hybridized carbons (Fsp3) is 0.235. The smallest absolute Gasteiger partial charge is 0.255 e. The van der Waals surface area contributed by atoms with Gasteiger partial charge in [0.25, 0.3) is 5.91 Å². The van der Waals surface area contributed by atoms with Crippen molar-refractivity contribution in [3.05, 3.63) is 63.2 Å². The van der Waals surface area contributed by atoms with Gasteiger partial charge in [-0.3, -0.25) is 4.79 Å². The molecule has 2 N–H and O–H groups in total. The first-order valence-corrected chi connectivity index (χ1v) is 7.97. The van der Waals surface area contributed by atoms with E-state index in [4.69, 9.17) is 0 Å². The van der Waals surface area contributed by atoms with Gasteiger partial charge in [0.05, 0.1) is 5.56 Å². The van der Waals surface area contributed by atoms with Gasteiger partial charge in [-0.15, -0.1) is 0 Å². The molecule has 4 heteroatoms. The molecule has 0 aliphatic heterocycles. The summed E-state index contributed by atoms with van der Waals surface area (Å²) in [4.78, 5) is 12.1. The lowest BCUT2D eigenvalue weighted by Crippen LogP contribution is -2.25. The van der Waals surface area contributed by atoms with Crippen molar-refractivity contribution in [3.8, 4) is 5.75 Å². The summed E-state index contributed by atoms with van der Waals surface area (Å²) < 4.78 is 0.924. The molecule has 0 aliphatic rings. The average molecular weight is 395 g/mol. The fourth-order valence-corrected chi connectivity index (χ4v) is 2.63. The van der Waals surface area contributed by atoms with E-state index in [1.165, 1.54) is 5.56 Å². The number of carbonyl (C=O) groups is 1. The van der Waals surface area contributed by atoms with Gasteiger partial charge in [-0.25, -0.2) is 0 Å². The molecule has 1 amide bonds. The van der Waals surface area contributed by atoms with E-state index >= 15 is 0 Å². The number of benzene rings is 2. The lowest BCUT2D eigenvalue weighted by molar-refractivity contribution is 0.0950. The Hall–Kier alpha value is -1.56. The van der Waals surface area contributed by atoms with Crippen LogP contribution >= 0.6 is 22.6 Å². The van der Waals surface area contributed by atoms with Crippen molar-refractivity contribution in [1.29, 1.82) is 0 Å². The number of halogens is 1. The molecular weight excluding hydrogens is 377 g/mol. The second kappa shape index (κ2) is 7.45. The maximum Gasteiger partial charge on any atom is 0.255 e. The van der Waals surface area contributed by atoms with Gasteiger partial charge in [0.2, 0.25) is 0 Å². The van der Waals surface area contributed by atoms with Crippen molar-refractivity contribution in [1.82, 2.24) is 5.32 Å². The van der Waals surface area contributed by atoms with Crippen LogP contribution in [0.4, 0.5) is 0 Å². The molecule has 1 unspecified atom stereocenters. The maximum absolute atomic E-state index is 12.1. The number of aromatic hydroxyl groups is 1. The van der Waals surface area contributed by atoms with Crippen LogP contribution in [0.3, 0.4) is 0 Å². The van der Waals surface area contributed by atoms with Crippen molar-refractivity contribution >= 4 is 28.5 Å². The van der Waals surface area contributed by atoms with Gasteiger partial charge in [-0.05, 0) is 58.7 Å². The number of phenols is 1. The summed E-state index contributed by atoms with van der Waals surface area (Å²) in [6, 6.07) is 15.2. The summed E-state index contributed by atoms with van der Waals surface area (Å²) in [5.41, 5.74) is 1.60. The number of rotatable bonds is 5. The highest BCUT2D eigenvalue weighted by Crippen LogP contribution is 2.20. The minimum absolute atomic E-state index is 0.0176. The van der Waals surface area contributed by atoms with Crippen molar-refractivity contribution in [3.63, 3.8) is 0 Å². The Morgan fingerprint density at radius 1 is 1.24 bits per heavy atom. The quantitative estimate of drug-likeness (QED) is 0.755. The molecule has 0 aliphatic carbocycles. The second-order valence-electron chi connectivity index (χ2n) is 5.02. The molecule has 0 spiro atoms. The minimum Gasteiger partial charge on any atom is -0.507 e. The predicted octanol–water partition coefficient (Wildman–Crippen LogP) is 3.92. The van der Waals surface area contributed by atoms with E-state index in [1.807, 2.05) is 18.2 Å². The zero-order valence-electron chi connectivity index (χ0n) is 11.8. The summed E-state index contributed by atoms with van der Waals surface area (Å²) in [5.74, 6) is 0.173. The number of amides is 1. The zero-order chi connectivity index (χ0) is 15.2. The van der Waals surface area contributed by atoms with E-state index in [-0.39, 0.29) is 11.7 Å². The van der Waals surface area contributed by atoms with Crippen LogP contribution in [-0.4, -0.2) is 17.6 Å². The van der Waals surface area contributed by atoms with Crippen LogP contribution in [0.2, 0.25) is 0 Å². The topological polar surface area (TPSA) is 49.3 Å². The molecule has 0 saturated heterocycles. The number of hydrogen-bond acceptors (Lipinski definition) is 2. The molecule has 0 radical (unpaired) electrons. The lowest BCUT2D eigenvalue weighted by Gasteiger charge is -2.13. The molecule has 0 saturated carbocycles. The van der Waals surface area contributed by atoms with Crippen LogP contribution in [0.1, 0.15) is 35.2 Å². The Balaban J connectivity index is 1.88. The molecule has 2 rings (SSSR count). The third-order valence-corrected chi connectivity index (χ3v) is 4.11. The molecule has 0 aromatic heterocycles. The van der Waals surface area contributed by atoms with Crippen LogP contribution < -0.4 is 5.32 Å². The Kier molecular flexibility index (Phi) is 5.61. The normalized spacial score (nSPS) is 11.9. The number of hydrogen-bond donors (Lipinski definition) is 2. The predicted molar refractivity (Wildman–Crippen MR) is 92.6 cm³/mol. The highest BCUT2D eigenvalue weighted by molar-refractivity contribution is 14.1. The monoisotopic (exact) mass is 395 g/mol. The van der Waals surface area contributed by atoms with Crippen molar-refractivity contribution in [2.24, 2.45) is 0 Å². The fourth-order valence-electron chi connectivity index (χ4n) is 2.14. The Morgan fingerprint density at radius 3 is 2.67 bits per heavy atom. The van der Waals surface area contributed by atoms with Crippen molar-refractivity contribution in [2.75, 3.05) is 6.54 Å². The molecule has 0 heterocycles. The summed E-state index contributed by atoms with van der Waals surface area (Å²) in [7, 11) is 0. The third-order valence-electron chi connectivity index (χ3n) is 3.43. The zero-order valence-corrected chi connectivity index (χ0v) is 14.0. The maximum atomic E-state index is 12.1. The Bertz CT molecular complexity index is 613. The minimum atomic E-state index is -0.230. The third kappa shape index (κ3) is 4.46. The summed E-state index contributed by atoms with van der Waals surface area (Å²) in [6.45, 7) is 2.73. The van der Waals surface area contributed by atoms with Crippen molar-refractivity contribution in [2.45, 2.75) is 19.3 Å². The second-order valence-corrected chi connectivity index (χ2v) is 6.26. The van der Waals surface area contributed by atoms with Gasteiger partial charge in [-0.1, -0.05) is 37.3 Å². The van der Waals surface area contributed by atoms with Crippen molar-refractivity contribution < 1.29 is 9.90 Å². The first-order chi connectivity index (χ1) is 10.1. The van der Waals surface area contributed by atoms with Crippen LogP contribution in [-0.2, 0) is 0 Å². The molecular formula is C17H18INO2. The van der Waals surface area contributed by atoms with E-state index in [0.29, 0.717) is 18.0 Å². The molecule has 1 atom stereocenters. The SMILES string of the molecule is CC(CCNC(=O)c1cc(I)ccc1O)c1ccccc1. The van der Waals surface area contributed by atoms with Gasteiger partial charge >= 0.3 is 0 Å². The van der Waals surface area contributed by atoms with E-state index in [0.717, 1.165) is 9.99 Å². The van der Waals surface area contributed by atoms with E-state index in [2.05, 4.69) is 47.0 Å². The van der Waals surface area contributed by atoms with Gasteiger partial charge in [-0.2, -0.15) is 0 Å². The van der Waals surface area contributed by atoms with Gasteiger partial charge in [0.1, 0.15) is 5.75 Å². The first-order valence-electron chi connectivity index (χ1n) is 6.89. The molecule has 2 aromatic carbocycles. The average Bonchev–Trinajstić information content (AvgIpc) is 2.50. The van der Waals surface area contributed by atoms with Crippen LogP contribution in [0, 0.1) is 3.57 Å². The molecule has 0 fully saturated rings. The highest BCUT2D eigenvalue weighted by atomic mass is 127.